The van der Waals surface area contributed by atoms with Crippen LogP contribution in [0.2, 0.25) is 0 Å². The zero-order valence-electron chi connectivity index (χ0n) is 14.1. The summed E-state index contributed by atoms with van der Waals surface area (Å²) in [7, 11) is 1.41. The third-order valence-corrected chi connectivity index (χ3v) is 4.02. The van der Waals surface area contributed by atoms with Crippen molar-refractivity contribution in [2.24, 2.45) is 0 Å². The van der Waals surface area contributed by atoms with Gasteiger partial charge in [0.25, 0.3) is 0 Å². The van der Waals surface area contributed by atoms with Crippen LogP contribution in [-0.4, -0.2) is 75.9 Å². The van der Waals surface area contributed by atoms with Gasteiger partial charge in [0.15, 0.2) is 0 Å². The molecule has 0 spiro atoms. The Morgan fingerprint density at radius 2 is 2.00 bits per heavy atom. The maximum absolute atomic E-state index is 11.4. The third-order valence-electron chi connectivity index (χ3n) is 4.02. The summed E-state index contributed by atoms with van der Waals surface area (Å²) >= 11 is 0. The summed E-state index contributed by atoms with van der Waals surface area (Å²) in [5, 5.41) is 26.7. The van der Waals surface area contributed by atoms with E-state index in [-0.39, 0.29) is 31.4 Å². The van der Waals surface area contributed by atoms with Gasteiger partial charge in [-0.05, 0) is 12.1 Å². The van der Waals surface area contributed by atoms with E-state index in [9.17, 15) is 15.0 Å². The van der Waals surface area contributed by atoms with E-state index in [1.807, 2.05) is 0 Å². The molecule has 4 atom stereocenters. The van der Waals surface area contributed by atoms with E-state index in [0.717, 1.165) is 5.56 Å². The van der Waals surface area contributed by atoms with Crippen LogP contribution in [0.5, 0.6) is 0 Å². The molecule has 0 aromatic carbocycles. The molecule has 140 valence electrons. The summed E-state index contributed by atoms with van der Waals surface area (Å²) in [6.07, 6.45) is -0.347. The molecule has 26 heavy (non-hydrogen) atoms. The molecule has 3 heterocycles. The van der Waals surface area contributed by atoms with Crippen LogP contribution < -0.4 is 5.32 Å². The number of ether oxygens (including phenoxy) is 2. The van der Waals surface area contributed by atoms with Gasteiger partial charge in [-0.1, -0.05) is 5.16 Å². The molecule has 1 aliphatic heterocycles. The van der Waals surface area contributed by atoms with Crippen LogP contribution in [0.4, 0.5) is 0 Å². The summed E-state index contributed by atoms with van der Waals surface area (Å²) in [4.78, 5) is 19.6. The van der Waals surface area contributed by atoms with Gasteiger partial charge in [0.05, 0.1) is 12.5 Å². The molecule has 10 heteroatoms. The van der Waals surface area contributed by atoms with E-state index in [1.54, 1.807) is 24.5 Å². The molecule has 1 fully saturated rings. The quantitative estimate of drug-likeness (QED) is 0.560. The fraction of sp³-hybridized carbons (Fsp3) is 0.500. The number of methoxy groups -OCH3 is 1. The number of aromatic nitrogens is 3. The SMILES string of the molecule is COCC(=O)NCC1OC(Cc2nc(-c3ccncc3)no2)C(O)C1O. The second-order valence-electron chi connectivity index (χ2n) is 5.88. The molecule has 2 aromatic rings. The van der Waals surface area contributed by atoms with E-state index in [1.165, 1.54) is 7.11 Å². The van der Waals surface area contributed by atoms with Crippen molar-refractivity contribution in [2.75, 3.05) is 20.3 Å². The van der Waals surface area contributed by atoms with Crippen molar-refractivity contribution in [3.8, 4) is 11.4 Å². The van der Waals surface area contributed by atoms with Crippen LogP contribution in [0.3, 0.4) is 0 Å². The molecule has 0 radical (unpaired) electrons. The largest absolute Gasteiger partial charge is 0.388 e. The Hall–Kier alpha value is -2.40. The number of amides is 1. The summed E-state index contributed by atoms with van der Waals surface area (Å²) < 4.78 is 15.5. The van der Waals surface area contributed by atoms with Gasteiger partial charge in [-0.25, -0.2) is 0 Å². The van der Waals surface area contributed by atoms with Gasteiger partial charge < -0.3 is 29.5 Å². The van der Waals surface area contributed by atoms with Crippen molar-refractivity contribution in [2.45, 2.75) is 30.8 Å². The number of carbonyl (C=O) groups is 1. The van der Waals surface area contributed by atoms with E-state index < -0.39 is 24.4 Å². The minimum atomic E-state index is -1.13. The van der Waals surface area contributed by atoms with Crippen LogP contribution in [0, 0.1) is 0 Å². The Morgan fingerprint density at radius 3 is 2.73 bits per heavy atom. The van der Waals surface area contributed by atoms with Gasteiger partial charge in [-0.15, -0.1) is 0 Å². The maximum Gasteiger partial charge on any atom is 0.246 e. The molecule has 0 saturated carbocycles. The lowest BCUT2D eigenvalue weighted by Gasteiger charge is -2.15. The first-order valence-corrected chi connectivity index (χ1v) is 8.08. The van der Waals surface area contributed by atoms with Crippen molar-refractivity contribution in [3.05, 3.63) is 30.4 Å². The second-order valence-corrected chi connectivity index (χ2v) is 5.88. The summed E-state index contributed by atoms with van der Waals surface area (Å²) in [6, 6.07) is 3.50. The van der Waals surface area contributed by atoms with Gasteiger partial charge in [-0.2, -0.15) is 4.98 Å². The number of nitrogens with one attached hydrogen (secondary N) is 1. The fourth-order valence-electron chi connectivity index (χ4n) is 2.69. The minimum Gasteiger partial charge on any atom is -0.388 e. The normalized spacial score (nSPS) is 25.3. The van der Waals surface area contributed by atoms with Crippen molar-refractivity contribution in [3.63, 3.8) is 0 Å². The Kier molecular flexibility index (Phi) is 5.89. The molecule has 1 amide bonds. The molecule has 3 N–H and O–H groups in total. The topological polar surface area (TPSA) is 140 Å². The monoisotopic (exact) mass is 364 g/mol. The Bertz CT molecular complexity index is 725. The van der Waals surface area contributed by atoms with E-state index >= 15 is 0 Å². The second kappa shape index (κ2) is 8.32. The lowest BCUT2D eigenvalue weighted by atomic mass is 10.1. The fourth-order valence-corrected chi connectivity index (χ4v) is 2.69. The molecular formula is C16H20N4O6. The first-order chi connectivity index (χ1) is 12.6. The third kappa shape index (κ3) is 4.22. The average molecular weight is 364 g/mol. The zero-order valence-corrected chi connectivity index (χ0v) is 14.1. The standard InChI is InChI=1S/C16H20N4O6/c1-24-8-12(21)18-7-11-15(23)14(22)10(25-11)6-13-19-16(20-26-13)9-2-4-17-5-3-9/h2-5,10-11,14-15,22-23H,6-8H2,1H3,(H,18,21). The Balaban J connectivity index is 1.58. The van der Waals surface area contributed by atoms with Crippen molar-refractivity contribution in [1.29, 1.82) is 0 Å². The lowest BCUT2D eigenvalue weighted by Crippen LogP contribution is -2.40. The Labute approximate surface area is 149 Å². The van der Waals surface area contributed by atoms with Crippen LogP contribution >= 0.6 is 0 Å². The molecule has 0 bridgehead atoms. The van der Waals surface area contributed by atoms with Crippen molar-refractivity contribution in [1.82, 2.24) is 20.4 Å². The molecule has 2 aromatic heterocycles. The first-order valence-electron chi connectivity index (χ1n) is 8.08. The van der Waals surface area contributed by atoms with E-state index in [4.69, 9.17) is 14.0 Å². The van der Waals surface area contributed by atoms with Gasteiger partial charge in [-0.3, -0.25) is 9.78 Å². The average Bonchev–Trinajstić information content (AvgIpc) is 3.22. The molecular weight excluding hydrogens is 344 g/mol. The Morgan fingerprint density at radius 1 is 1.27 bits per heavy atom. The van der Waals surface area contributed by atoms with E-state index in [2.05, 4.69) is 20.4 Å². The summed E-state index contributed by atoms with van der Waals surface area (Å²) in [6.45, 7) is -0.0302. The highest BCUT2D eigenvalue weighted by Gasteiger charge is 2.43. The van der Waals surface area contributed by atoms with Crippen LogP contribution in [0.25, 0.3) is 11.4 Å². The molecule has 1 aliphatic rings. The predicted molar refractivity (Wildman–Crippen MR) is 86.8 cm³/mol. The van der Waals surface area contributed by atoms with E-state index in [0.29, 0.717) is 5.82 Å². The number of carbonyl (C=O) groups excluding carboxylic acids is 1. The number of hydrogen-bond acceptors (Lipinski definition) is 9. The maximum atomic E-state index is 11.4. The number of aliphatic hydroxyl groups is 2. The molecule has 4 unspecified atom stereocenters. The molecule has 0 aliphatic carbocycles. The highest BCUT2D eigenvalue weighted by molar-refractivity contribution is 5.77. The van der Waals surface area contributed by atoms with Gasteiger partial charge in [0.2, 0.25) is 17.6 Å². The number of hydrogen-bond donors (Lipinski definition) is 3. The highest BCUT2D eigenvalue weighted by atomic mass is 16.5. The number of aliphatic hydroxyl groups excluding tert-OH is 2. The van der Waals surface area contributed by atoms with Crippen LogP contribution in [-0.2, 0) is 20.7 Å². The highest BCUT2D eigenvalue weighted by Crippen LogP contribution is 2.24. The number of pyridine rings is 1. The van der Waals surface area contributed by atoms with Gasteiger partial charge in [0.1, 0.15) is 24.9 Å². The minimum absolute atomic E-state index is 0.0586. The summed E-state index contributed by atoms with van der Waals surface area (Å²) in [5.41, 5.74) is 0.752. The van der Waals surface area contributed by atoms with Crippen LogP contribution in [0.15, 0.2) is 29.0 Å². The van der Waals surface area contributed by atoms with Crippen molar-refractivity contribution < 1.29 is 29.0 Å². The molecule has 10 nitrogen and oxygen atoms in total. The van der Waals surface area contributed by atoms with Crippen LogP contribution in [0.1, 0.15) is 5.89 Å². The molecule has 1 saturated heterocycles. The van der Waals surface area contributed by atoms with Gasteiger partial charge in [0, 0.05) is 31.6 Å². The number of nitrogens with zero attached hydrogens (tertiary/aromatic N) is 3. The molecule has 3 rings (SSSR count). The number of rotatable bonds is 7. The smallest absolute Gasteiger partial charge is 0.246 e. The predicted octanol–water partition coefficient (Wildman–Crippen LogP) is -1.07. The zero-order chi connectivity index (χ0) is 18.5. The van der Waals surface area contributed by atoms with Crippen molar-refractivity contribution >= 4 is 5.91 Å². The van der Waals surface area contributed by atoms with Gasteiger partial charge >= 0.3 is 0 Å². The lowest BCUT2D eigenvalue weighted by molar-refractivity contribution is -0.125. The first kappa shape index (κ1) is 18.4. The summed E-state index contributed by atoms with van der Waals surface area (Å²) in [5.74, 6) is 0.344.